The van der Waals surface area contributed by atoms with Gasteiger partial charge in [0.15, 0.2) is 0 Å². The van der Waals surface area contributed by atoms with Crippen LogP contribution < -0.4 is 0 Å². The Morgan fingerprint density at radius 1 is 1.33 bits per heavy atom. The quantitative estimate of drug-likeness (QED) is 0.844. The Bertz CT molecular complexity index is 608. The lowest BCUT2D eigenvalue weighted by molar-refractivity contribution is -0.146. The van der Waals surface area contributed by atoms with Crippen LogP contribution in [0.5, 0.6) is 0 Å². The van der Waals surface area contributed by atoms with Gasteiger partial charge in [0.05, 0.1) is 11.8 Å². The van der Waals surface area contributed by atoms with Gasteiger partial charge in [0.25, 0.3) is 0 Å². The number of aliphatic carboxylic acids is 1. The maximum Gasteiger partial charge on any atom is 0.308 e. The summed E-state index contributed by atoms with van der Waals surface area (Å²) in [4.78, 5) is 39.0. The van der Waals surface area contributed by atoms with Gasteiger partial charge in [-0.15, -0.1) is 11.8 Å². The first kappa shape index (κ1) is 18.3. The summed E-state index contributed by atoms with van der Waals surface area (Å²) in [6.45, 7) is 3.49. The Hall–Kier alpha value is -2.02. The molecule has 2 rings (SSSR count). The zero-order valence-electron chi connectivity index (χ0n) is 13.8. The predicted molar refractivity (Wildman–Crippen MR) is 92.3 cm³/mol. The minimum absolute atomic E-state index is 0.121. The molecule has 6 nitrogen and oxygen atoms in total. The summed E-state index contributed by atoms with van der Waals surface area (Å²) in [6, 6.07) is 8.94. The summed E-state index contributed by atoms with van der Waals surface area (Å²) < 4.78 is 0. The molecule has 1 saturated heterocycles. The van der Waals surface area contributed by atoms with Crippen LogP contribution in [0.25, 0.3) is 0 Å². The van der Waals surface area contributed by atoms with Gasteiger partial charge in [-0.25, -0.2) is 0 Å². The lowest BCUT2D eigenvalue weighted by Crippen LogP contribution is -2.49. The molecule has 7 heteroatoms. The normalized spacial score (nSPS) is 18.2. The number of carboxylic acid groups (broad SMARTS) is 1. The number of amides is 2. The predicted octanol–water partition coefficient (Wildman–Crippen LogP) is 1.66. The highest BCUT2D eigenvalue weighted by Crippen LogP contribution is 2.23. The summed E-state index contributed by atoms with van der Waals surface area (Å²) in [5.74, 6) is -0.885. The lowest BCUT2D eigenvalue weighted by atomic mass is 10.1. The lowest BCUT2D eigenvalue weighted by Gasteiger charge is -2.30. The molecule has 2 amide bonds. The summed E-state index contributed by atoms with van der Waals surface area (Å²) in [7, 11) is 0. The van der Waals surface area contributed by atoms with E-state index in [2.05, 4.69) is 0 Å². The molecule has 0 saturated carbocycles. The van der Waals surface area contributed by atoms with E-state index in [1.807, 2.05) is 30.3 Å². The van der Waals surface area contributed by atoms with Crippen molar-refractivity contribution >= 4 is 29.5 Å². The molecule has 1 aromatic carbocycles. The number of hydrogen-bond acceptors (Lipinski definition) is 4. The van der Waals surface area contributed by atoms with E-state index in [9.17, 15) is 19.5 Å². The van der Waals surface area contributed by atoms with Crippen molar-refractivity contribution in [3.8, 4) is 0 Å². The van der Waals surface area contributed by atoms with Crippen molar-refractivity contribution in [2.75, 3.05) is 18.2 Å². The molecule has 1 aliphatic heterocycles. The standard InChI is InChI=1S/C17H22N2O4S/c1-12(17(22)23)8-18(9-14-6-4-3-5-7-14)16(21)15-10-24-11-19(15)13(2)20/h3-7,12,15H,8-11H2,1-2H3,(H,22,23)/t12-,15-/m0/s1. The van der Waals surface area contributed by atoms with Gasteiger partial charge < -0.3 is 14.9 Å². The van der Waals surface area contributed by atoms with Crippen LogP contribution >= 0.6 is 11.8 Å². The van der Waals surface area contributed by atoms with Gasteiger partial charge in [-0.1, -0.05) is 37.3 Å². The summed E-state index contributed by atoms with van der Waals surface area (Å²) in [5.41, 5.74) is 0.934. The molecule has 1 aliphatic rings. The third-order valence-electron chi connectivity index (χ3n) is 4.02. The zero-order valence-corrected chi connectivity index (χ0v) is 14.7. The van der Waals surface area contributed by atoms with Crippen molar-refractivity contribution in [1.29, 1.82) is 0 Å². The number of rotatable bonds is 6. The molecular formula is C17H22N2O4S. The van der Waals surface area contributed by atoms with Gasteiger partial charge in [0.1, 0.15) is 6.04 Å². The van der Waals surface area contributed by atoms with E-state index in [-0.39, 0.29) is 18.4 Å². The fourth-order valence-electron chi connectivity index (χ4n) is 2.61. The molecular weight excluding hydrogens is 328 g/mol. The van der Waals surface area contributed by atoms with E-state index >= 15 is 0 Å². The second-order valence-electron chi connectivity index (χ2n) is 5.95. The number of hydrogen-bond donors (Lipinski definition) is 1. The van der Waals surface area contributed by atoms with Crippen LogP contribution in [0.2, 0.25) is 0 Å². The molecule has 0 aliphatic carbocycles. The van der Waals surface area contributed by atoms with Crippen LogP contribution in [-0.4, -0.2) is 56.9 Å². The fourth-order valence-corrected chi connectivity index (χ4v) is 3.82. The number of thioether (sulfide) groups is 1. The van der Waals surface area contributed by atoms with Crippen molar-refractivity contribution in [1.82, 2.24) is 9.80 Å². The summed E-state index contributed by atoms with van der Waals surface area (Å²) in [6.07, 6.45) is 0. The first-order valence-electron chi connectivity index (χ1n) is 7.80. The van der Waals surface area contributed by atoms with Crippen LogP contribution in [-0.2, 0) is 20.9 Å². The number of carbonyl (C=O) groups excluding carboxylic acids is 2. The highest BCUT2D eigenvalue weighted by molar-refractivity contribution is 7.99. The summed E-state index contributed by atoms with van der Waals surface area (Å²) in [5, 5.41) is 9.18. The Balaban J connectivity index is 2.18. The van der Waals surface area contributed by atoms with Crippen LogP contribution in [0.15, 0.2) is 30.3 Å². The van der Waals surface area contributed by atoms with E-state index in [4.69, 9.17) is 0 Å². The van der Waals surface area contributed by atoms with Crippen molar-refractivity contribution in [3.05, 3.63) is 35.9 Å². The van der Waals surface area contributed by atoms with Gasteiger partial charge in [-0.3, -0.25) is 14.4 Å². The molecule has 24 heavy (non-hydrogen) atoms. The minimum Gasteiger partial charge on any atom is -0.481 e. The van der Waals surface area contributed by atoms with Crippen LogP contribution in [0, 0.1) is 5.92 Å². The smallest absolute Gasteiger partial charge is 0.308 e. The monoisotopic (exact) mass is 350 g/mol. The van der Waals surface area contributed by atoms with Crippen LogP contribution in [0.3, 0.4) is 0 Å². The number of nitrogens with zero attached hydrogens (tertiary/aromatic N) is 2. The van der Waals surface area contributed by atoms with Crippen molar-refractivity contribution < 1.29 is 19.5 Å². The second kappa shape index (κ2) is 8.19. The third-order valence-corrected chi connectivity index (χ3v) is 5.03. The van der Waals surface area contributed by atoms with E-state index in [1.165, 1.54) is 18.7 Å². The SMILES string of the molecule is CC(=O)N1CSC[C@H]1C(=O)N(Cc1ccccc1)C[C@H](C)C(=O)O. The van der Waals surface area contributed by atoms with Crippen LogP contribution in [0.4, 0.5) is 0 Å². The average molecular weight is 350 g/mol. The molecule has 0 aromatic heterocycles. The molecule has 1 aromatic rings. The number of carboxylic acids is 1. The highest BCUT2D eigenvalue weighted by atomic mass is 32.2. The third kappa shape index (κ3) is 4.50. The van der Waals surface area contributed by atoms with Crippen molar-refractivity contribution in [3.63, 3.8) is 0 Å². The summed E-state index contributed by atoms with van der Waals surface area (Å²) >= 11 is 1.54. The maximum absolute atomic E-state index is 12.9. The minimum atomic E-state index is -0.940. The Kier molecular flexibility index (Phi) is 6.25. The zero-order chi connectivity index (χ0) is 17.7. The van der Waals surface area contributed by atoms with Crippen molar-refractivity contribution in [2.45, 2.75) is 26.4 Å². The highest BCUT2D eigenvalue weighted by Gasteiger charge is 2.36. The first-order chi connectivity index (χ1) is 11.4. The topological polar surface area (TPSA) is 77.9 Å². The second-order valence-corrected chi connectivity index (χ2v) is 6.95. The average Bonchev–Trinajstić information content (AvgIpc) is 3.04. The van der Waals surface area contributed by atoms with Gasteiger partial charge in [-0.05, 0) is 5.56 Å². The number of benzene rings is 1. The molecule has 0 radical (unpaired) electrons. The van der Waals surface area contributed by atoms with E-state index < -0.39 is 17.9 Å². The van der Waals surface area contributed by atoms with Gasteiger partial charge in [-0.2, -0.15) is 0 Å². The molecule has 2 atom stereocenters. The molecule has 0 unspecified atom stereocenters. The molecule has 0 bridgehead atoms. The molecule has 1 N–H and O–H groups in total. The van der Waals surface area contributed by atoms with E-state index in [1.54, 1.807) is 16.7 Å². The van der Waals surface area contributed by atoms with Gasteiger partial charge >= 0.3 is 5.97 Å². The Labute approximate surface area is 145 Å². The Morgan fingerprint density at radius 2 is 2.00 bits per heavy atom. The molecule has 1 heterocycles. The van der Waals surface area contributed by atoms with Gasteiger partial charge in [0.2, 0.25) is 11.8 Å². The van der Waals surface area contributed by atoms with Crippen molar-refractivity contribution in [2.24, 2.45) is 5.92 Å². The first-order valence-corrected chi connectivity index (χ1v) is 8.96. The largest absolute Gasteiger partial charge is 0.481 e. The molecule has 0 spiro atoms. The van der Waals surface area contributed by atoms with E-state index in [0.717, 1.165) is 5.56 Å². The van der Waals surface area contributed by atoms with E-state index in [0.29, 0.717) is 18.2 Å². The fraction of sp³-hybridized carbons (Fsp3) is 0.471. The van der Waals surface area contributed by atoms with Gasteiger partial charge in [0, 0.05) is 25.8 Å². The Morgan fingerprint density at radius 3 is 2.58 bits per heavy atom. The molecule has 130 valence electrons. The molecule has 1 fully saturated rings. The van der Waals surface area contributed by atoms with Crippen LogP contribution in [0.1, 0.15) is 19.4 Å². The number of carbonyl (C=O) groups is 3. The maximum atomic E-state index is 12.9.